The zero-order valence-electron chi connectivity index (χ0n) is 11.9. The lowest BCUT2D eigenvalue weighted by Gasteiger charge is -2.24. The van der Waals surface area contributed by atoms with Crippen molar-refractivity contribution in [1.29, 1.82) is 5.41 Å². The number of aromatic nitrogens is 1. The van der Waals surface area contributed by atoms with Gasteiger partial charge in [0.2, 0.25) is 0 Å². The van der Waals surface area contributed by atoms with Gasteiger partial charge in [-0.05, 0) is 19.1 Å². The summed E-state index contributed by atoms with van der Waals surface area (Å²) in [6.45, 7) is 4.17. The number of nitrogens with zero attached hydrogens (tertiary/aromatic N) is 2. The third-order valence-corrected chi connectivity index (χ3v) is 3.24. The molecule has 0 aliphatic carbocycles. The summed E-state index contributed by atoms with van der Waals surface area (Å²) in [5, 5.41) is 8.77. The number of para-hydroxylation sites is 1. The van der Waals surface area contributed by atoms with Crippen molar-refractivity contribution >= 4 is 22.6 Å². The van der Waals surface area contributed by atoms with Crippen molar-refractivity contribution in [3.05, 3.63) is 35.9 Å². The zero-order chi connectivity index (χ0) is 14.5. The van der Waals surface area contributed by atoms with E-state index in [0.717, 1.165) is 29.8 Å². The van der Waals surface area contributed by atoms with Crippen LogP contribution in [-0.2, 0) is 4.74 Å². The highest BCUT2D eigenvalue weighted by atomic mass is 16.5. The molecule has 106 valence electrons. The number of nitrogen functional groups attached to an aromatic ring is 1. The molecule has 0 atom stereocenters. The highest BCUT2D eigenvalue weighted by Crippen LogP contribution is 2.23. The van der Waals surface area contributed by atoms with E-state index in [2.05, 4.69) is 16.8 Å². The van der Waals surface area contributed by atoms with Gasteiger partial charge >= 0.3 is 0 Å². The third-order valence-electron chi connectivity index (χ3n) is 3.24. The minimum Gasteiger partial charge on any atom is -0.384 e. The quantitative estimate of drug-likeness (QED) is 0.623. The van der Waals surface area contributed by atoms with E-state index in [-0.39, 0.29) is 5.84 Å². The molecule has 0 fully saturated rings. The van der Waals surface area contributed by atoms with E-state index in [1.54, 1.807) is 7.11 Å². The van der Waals surface area contributed by atoms with E-state index in [9.17, 15) is 0 Å². The molecule has 0 radical (unpaired) electrons. The lowest BCUT2D eigenvalue weighted by molar-refractivity contribution is 0.205. The van der Waals surface area contributed by atoms with Crippen molar-refractivity contribution in [3.63, 3.8) is 0 Å². The first-order valence-electron chi connectivity index (χ1n) is 6.65. The van der Waals surface area contributed by atoms with Crippen molar-refractivity contribution in [2.75, 3.05) is 31.7 Å². The van der Waals surface area contributed by atoms with Gasteiger partial charge in [-0.3, -0.25) is 5.41 Å². The summed E-state index contributed by atoms with van der Waals surface area (Å²) in [6.07, 6.45) is 0. The van der Waals surface area contributed by atoms with Crippen LogP contribution in [-0.4, -0.2) is 37.6 Å². The van der Waals surface area contributed by atoms with E-state index in [1.165, 1.54) is 0 Å². The molecule has 0 amide bonds. The fraction of sp³-hybridized carbons (Fsp3) is 0.333. The molecule has 2 rings (SSSR count). The SMILES string of the molecule is CCN(CCOC)c1nc2ccccc2cc1C(=N)N. The molecule has 2 aromatic rings. The summed E-state index contributed by atoms with van der Waals surface area (Å²) in [6, 6.07) is 9.78. The Labute approximate surface area is 118 Å². The number of pyridine rings is 1. The summed E-state index contributed by atoms with van der Waals surface area (Å²) in [4.78, 5) is 6.75. The predicted molar refractivity (Wildman–Crippen MR) is 82.5 cm³/mol. The van der Waals surface area contributed by atoms with Gasteiger partial charge in [-0.2, -0.15) is 0 Å². The van der Waals surface area contributed by atoms with Crippen LogP contribution < -0.4 is 10.6 Å². The van der Waals surface area contributed by atoms with Crippen LogP contribution in [0.15, 0.2) is 30.3 Å². The number of likely N-dealkylation sites (N-methyl/N-ethyl adjacent to an activating group) is 1. The van der Waals surface area contributed by atoms with Crippen molar-refractivity contribution in [1.82, 2.24) is 4.98 Å². The van der Waals surface area contributed by atoms with Gasteiger partial charge in [-0.15, -0.1) is 0 Å². The molecule has 1 aromatic carbocycles. The van der Waals surface area contributed by atoms with Gasteiger partial charge in [-0.25, -0.2) is 4.98 Å². The van der Waals surface area contributed by atoms with E-state index in [0.29, 0.717) is 12.2 Å². The largest absolute Gasteiger partial charge is 0.384 e. The number of amidine groups is 1. The van der Waals surface area contributed by atoms with Crippen molar-refractivity contribution < 1.29 is 4.74 Å². The molecule has 1 aromatic heterocycles. The molecule has 0 saturated heterocycles. The van der Waals surface area contributed by atoms with Gasteiger partial charge in [0.15, 0.2) is 0 Å². The summed E-state index contributed by atoms with van der Waals surface area (Å²) >= 11 is 0. The molecule has 0 bridgehead atoms. The first-order valence-corrected chi connectivity index (χ1v) is 6.65. The fourth-order valence-corrected chi connectivity index (χ4v) is 2.16. The maximum absolute atomic E-state index is 7.78. The molecule has 1 heterocycles. The van der Waals surface area contributed by atoms with E-state index in [4.69, 9.17) is 15.9 Å². The van der Waals surface area contributed by atoms with Gasteiger partial charge < -0.3 is 15.4 Å². The molecular formula is C15H20N4O. The smallest absolute Gasteiger partial charge is 0.140 e. The van der Waals surface area contributed by atoms with Gasteiger partial charge in [0.25, 0.3) is 0 Å². The number of methoxy groups -OCH3 is 1. The Morgan fingerprint density at radius 2 is 2.15 bits per heavy atom. The molecule has 3 N–H and O–H groups in total. The van der Waals surface area contributed by atoms with Gasteiger partial charge in [-0.1, -0.05) is 18.2 Å². The zero-order valence-corrected chi connectivity index (χ0v) is 11.9. The highest BCUT2D eigenvalue weighted by molar-refractivity contribution is 6.03. The monoisotopic (exact) mass is 272 g/mol. The predicted octanol–water partition coefficient (Wildman–Crippen LogP) is 1.99. The van der Waals surface area contributed by atoms with Crippen LogP contribution in [0, 0.1) is 5.41 Å². The number of hydrogen-bond donors (Lipinski definition) is 2. The van der Waals surface area contributed by atoms with Gasteiger partial charge in [0.1, 0.15) is 11.7 Å². The van der Waals surface area contributed by atoms with Crippen LogP contribution in [0.3, 0.4) is 0 Å². The first kappa shape index (κ1) is 14.3. The lowest BCUT2D eigenvalue weighted by Crippen LogP contribution is -2.30. The van der Waals surface area contributed by atoms with Crippen molar-refractivity contribution in [3.8, 4) is 0 Å². The minimum absolute atomic E-state index is 0.0362. The number of anilines is 1. The number of hydrogen-bond acceptors (Lipinski definition) is 4. The van der Waals surface area contributed by atoms with Crippen LogP contribution in [0.4, 0.5) is 5.82 Å². The van der Waals surface area contributed by atoms with Crippen LogP contribution in [0.25, 0.3) is 10.9 Å². The topological polar surface area (TPSA) is 75.2 Å². The lowest BCUT2D eigenvalue weighted by atomic mass is 10.1. The Bertz CT molecular complexity index is 612. The molecule has 0 aliphatic rings. The minimum atomic E-state index is 0.0362. The standard InChI is InChI=1S/C15H20N4O/c1-3-19(8-9-20-2)15-12(14(16)17)10-11-6-4-5-7-13(11)18-15/h4-7,10H,3,8-9H2,1-2H3,(H3,16,17). The summed E-state index contributed by atoms with van der Waals surface area (Å²) in [5.74, 6) is 0.782. The van der Waals surface area contributed by atoms with Crippen LogP contribution in [0.2, 0.25) is 0 Å². The van der Waals surface area contributed by atoms with Crippen LogP contribution in [0.5, 0.6) is 0 Å². The number of fused-ring (bicyclic) bond motifs is 1. The summed E-state index contributed by atoms with van der Waals surface area (Å²) < 4.78 is 5.13. The maximum atomic E-state index is 7.78. The second-order valence-electron chi connectivity index (χ2n) is 4.54. The molecule has 0 aliphatic heterocycles. The Balaban J connectivity index is 2.53. The third kappa shape index (κ3) is 2.88. The average molecular weight is 272 g/mol. The highest BCUT2D eigenvalue weighted by Gasteiger charge is 2.15. The fourth-order valence-electron chi connectivity index (χ4n) is 2.16. The van der Waals surface area contributed by atoms with Gasteiger partial charge in [0, 0.05) is 25.6 Å². The normalized spacial score (nSPS) is 10.7. The average Bonchev–Trinajstić information content (AvgIpc) is 2.47. The van der Waals surface area contributed by atoms with Crippen LogP contribution >= 0.6 is 0 Å². The first-order chi connectivity index (χ1) is 9.67. The van der Waals surface area contributed by atoms with E-state index in [1.807, 2.05) is 30.3 Å². The molecular weight excluding hydrogens is 252 g/mol. The molecule has 0 unspecified atom stereocenters. The number of ether oxygens (including phenoxy) is 1. The number of rotatable bonds is 6. The van der Waals surface area contributed by atoms with Gasteiger partial charge in [0.05, 0.1) is 17.7 Å². The molecule has 5 heteroatoms. The maximum Gasteiger partial charge on any atom is 0.140 e. The molecule has 0 saturated carbocycles. The Kier molecular flexibility index (Phi) is 4.53. The Morgan fingerprint density at radius 3 is 2.80 bits per heavy atom. The molecule has 0 spiro atoms. The number of nitrogens with two attached hydrogens (primary N) is 1. The molecule has 20 heavy (non-hydrogen) atoms. The second kappa shape index (κ2) is 6.34. The number of benzene rings is 1. The van der Waals surface area contributed by atoms with E-state index >= 15 is 0 Å². The Hall–Kier alpha value is -2.14. The van der Waals surface area contributed by atoms with Crippen LogP contribution in [0.1, 0.15) is 12.5 Å². The second-order valence-corrected chi connectivity index (χ2v) is 4.54. The summed E-state index contributed by atoms with van der Waals surface area (Å²) in [5.41, 5.74) is 7.29. The summed E-state index contributed by atoms with van der Waals surface area (Å²) in [7, 11) is 1.67. The van der Waals surface area contributed by atoms with Crippen molar-refractivity contribution in [2.24, 2.45) is 5.73 Å². The van der Waals surface area contributed by atoms with Crippen molar-refractivity contribution in [2.45, 2.75) is 6.92 Å². The number of nitrogens with one attached hydrogen (secondary N) is 1. The Morgan fingerprint density at radius 1 is 1.40 bits per heavy atom. The molecule has 5 nitrogen and oxygen atoms in total. The van der Waals surface area contributed by atoms with E-state index < -0.39 is 0 Å².